The van der Waals surface area contributed by atoms with E-state index in [2.05, 4.69) is 0 Å². The first-order chi connectivity index (χ1) is 8.02. The van der Waals surface area contributed by atoms with Gasteiger partial charge in [0, 0.05) is 12.0 Å². The highest BCUT2D eigenvalue weighted by molar-refractivity contribution is 6.08. The molecule has 0 heterocycles. The summed E-state index contributed by atoms with van der Waals surface area (Å²) in [5, 5.41) is 0. The maximum absolute atomic E-state index is 11.8. The van der Waals surface area contributed by atoms with E-state index >= 15 is 0 Å². The molecular weight excluding hydrogens is 216 g/mol. The van der Waals surface area contributed by atoms with E-state index in [9.17, 15) is 9.59 Å². The highest BCUT2D eigenvalue weighted by Gasteiger charge is 2.12. The molecule has 0 unspecified atom stereocenters. The van der Waals surface area contributed by atoms with Crippen LogP contribution in [0.1, 0.15) is 37.0 Å². The molecule has 17 heavy (non-hydrogen) atoms. The van der Waals surface area contributed by atoms with E-state index in [4.69, 9.17) is 4.74 Å². The summed E-state index contributed by atoms with van der Waals surface area (Å²) >= 11 is 0. The monoisotopic (exact) mass is 234 g/mol. The first kappa shape index (κ1) is 13.4. The molecule has 0 bridgehead atoms. The number of carbonyl (C=O) groups excluding carboxylic acids is 2. The van der Waals surface area contributed by atoms with Crippen LogP contribution in [0.25, 0.3) is 0 Å². The number of methoxy groups -OCH3 is 1. The minimum Gasteiger partial charge on any atom is -0.497 e. The van der Waals surface area contributed by atoms with Gasteiger partial charge < -0.3 is 4.74 Å². The smallest absolute Gasteiger partial charge is 0.170 e. The minimum absolute atomic E-state index is 0.000757. The molecule has 0 N–H and O–H groups in total. The number of ketones is 2. The Morgan fingerprint density at radius 1 is 1.18 bits per heavy atom. The molecule has 0 atom stereocenters. The number of carbonyl (C=O) groups is 2. The van der Waals surface area contributed by atoms with Gasteiger partial charge in [-0.1, -0.05) is 13.8 Å². The van der Waals surface area contributed by atoms with Crippen molar-refractivity contribution in [2.45, 2.75) is 26.7 Å². The zero-order valence-electron chi connectivity index (χ0n) is 10.5. The summed E-state index contributed by atoms with van der Waals surface area (Å²) < 4.78 is 5.00. The summed E-state index contributed by atoms with van der Waals surface area (Å²) in [5.41, 5.74) is 0.558. The molecule has 0 aromatic heterocycles. The molecule has 92 valence electrons. The molecule has 0 amide bonds. The fraction of sp³-hybridized carbons (Fsp3) is 0.429. The van der Waals surface area contributed by atoms with Crippen LogP contribution in [-0.4, -0.2) is 18.7 Å². The summed E-state index contributed by atoms with van der Waals surface area (Å²) in [5.74, 6) is 0.875. The Bertz CT molecular complexity index is 390. The second-order valence-corrected chi connectivity index (χ2v) is 4.47. The molecule has 1 rings (SSSR count). The maximum atomic E-state index is 11.8. The normalized spacial score (nSPS) is 10.4. The molecule has 0 aliphatic carbocycles. The van der Waals surface area contributed by atoms with E-state index in [1.165, 1.54) is 0 Å². The quantitative estimate of drug-likeness (QED) is 0.561. The summed E-state index contributed by atoms with van der Waals surface area (Å²) in [4.78, 5) is 23.3. The molecule has 0 radical (unpaired) electrons. The zero-order chi connectivity index (χ0) is 12.8. The van der Waals surface area contributed by atoms with Crippen molar-refractivity contribution >= 4 is 11.6 Å². The lowest BCUT2D eigenvalue weighted by molar-refractivity contribution is -0.118. The average Bonchev–Trinajstić information content (AvgIpc) is 2.28. The Hall–Kier alpha value is -1.64. The van der Waals surface area contributed by atoms with Crippen LogP contribution in [0, 0.1) is 5.92 Å². The van der Waals surface area contributed by atoms with Crippen LogP contribution in [0.4, 0.5) is 0 Å². The van der Waals surface area contributed by atoms with Gasteiger partial charge in [-0.05, 0) is 30.2 Å². The van der Waals surface area contributed by atoms with Gasteiger partial charge in [0.15, 0.2) is 5.78 Å². The lowest BCUT2D eigenvalue weighted by atomic mass is 10.0. The van der Waals surface area contributed by atoms with Crippen molar-refractivity contribution in [3.8, 4) is 5.75 Å². The molecule has 1 aromatic rings. The first-order valence-corrected chi connectivity index (χ1v) is 5.72. The van der Waals surface area contributed by atoms with E-state index in [-0.39, 0.29) is 18.0 Å². The van der Waals surface area contributed by atoms with Crippen molar-refractivity contribution in [2.24, 2.45) is 5.92 Å². The molecule has 0 spiro atoms. The number of rotatable bonds is 6. The van der Waals surface area contributed by atoms with Gasteiger partial charge in [0.25, 0.3) is 0 Å². The zero-order valence-corrected chi connectivity index (χ0v) is 10.5. The first-order valence-electron chi connectivity index (χ1n) is 5.72. The van der Waals surface area contributed by atoms with Crippen molar-refractivity contribution in [2.75, 3.05) is 7.11 Å². The van der Waals surface area contributed by atoms with Crippen LogP contribution in [0.5, 0.6) is 5.75 Å². The summed E-state index contributed by atoms with van der Waals surface area (Å²) in [6.45, 7) is 3.94. The average molecular weight is 234 g/mol. The molecule has 0 aliphatic heterocycles. The van der Waals surface area contributed by atoms with Crippen molar-refractivity contribution < 1.29 is 14.3 Å². The molecular formula is C14H18O3. The largest absolute Gasteiger partial charge is 0.497 e. The predicted octanol–water partition coefficient (Wildman–Crippen LogP) is 2.88. The van der Waals surface area contributed by atoms with E-state index < -0.39 is 0 Å². The van der Waals surface area contributed by atoms with Gasteiger partial charge in [-0.25, -0.2) is 0 Å². The number of ether oxygens (including phenoxy) is 1. The van der Waals surface area contributed by atoms with Crippen molar-refractivity contribution in [3.05, 3.63) is 29.8 Å². The topological polar surface area (TPSA) is 43.4 Å². The maximum Gasteiger partial charge on any atom is 0.170 e. The Morgan fingerprint density at radius 2 is 1.76 bits per heavy atom. The van der Waals surface area contributed by atoms with Gasteiger partial charge in [0.2, 0.25) is 0 Å². The Kier molecular flexibility index (Phi) is 4.88. The fourth-order valence-electron chi connectivity index (χ4n) is 1.59. The van der Waals surface area contributed by atoms with Crippen LogP contribution >= 0.6 is 0 Å². The lowest BCUT2D eigenvalue weighted by Gasteiger charge is -2.04. The van der Waals surface area contributed by atoms with Gasteiger partial charge in [-0.3, -0.25) is 9.59 Å². The van der Waals surface area contributed by atoms with E-state index in [1.807, 2.05) is 13.8 Å². The van der Waals surface area contributed by atoms with Crippen LogP contribution in [0.3, 0.4) is 0 Å². The lowest BCUT2D eigenvalue weighted by Crippen LogP contribution is -2.10. The second kappa shape index (κ2) is 6.18. The second-order valence-electron chi connectivity index (χ2n) is 4.47. The molecule has 0 fully saturated rings. The number of benzene rings is 1. The Morgan fingerprint density at radius 3 is 2.24 bits per heavy atom. The van der Waals surface area contributed by atoms with E-state index in [0.29, 0.717) is 23.7 Å². The highest BCUT2D eigenvalue weighted by Crippen LogP contribution is 2.13. The van der Waals surface area contributed by atoms with Gasteiger partial charge in [-0.2, -0.15) is 0 Å². The summed E-state index contributed by atoms with van der Waals surface area (Å²) in [6.07, 6.45) is 0.451. The molecule has 0 aliphatic rings. The van der Waals surface area contributed by atoms with Gasteiger partial charge >= 0.3 is 0 Å². The molecule has 3 heteroatoms. The summed E-state index contributed by atoms with van der Waals surface area (Å²) in [7, 11) is 1.57. The van der Waals surface area contributed by atoms with Crippen LogP contribution in [-0.2, 0) is 4.79 Å². The Labute approximate surface area is 102 Å². The third kappa shape index (κ3) is 4.39. The third-order valence-electron chi connectivity index (χ3n) is 2.41. The van der Waals surface area contributed by atoms with Crippen molar-refractivity contribution in [1.29, 1.82) is 0 Å². The van der Waals surface area contributed by atoms with Crippen molar-refractivity contribution in [3.63, 3.8) is 0 Å². The van der Waals surface area contributed by atoms with Crippen LogP contribution in [0.2, 0.25) is 0 Å². The Balaban J connectivity index is 2.60. The third-order valence-corrected chi connectivity index (χ3v) is 2.41. The summed E-state index contributed by atoms with van der Waals surface area (Å²) in [6, 6.07) is 6.81. The molecule has 0 saturated heterocycles. The number of hydrogen-bond acceptors (Lipinski definition) is 3. The fourth-order valence-corrected chi connectivity index (χ4v) is 1.59. The van der Waals surface area contributed by atoms with Crippen molar-refractivity contribution in [1.82, 2.24) is 0 Å². The SMILES string of the molecule is COc1ccc(C(=O)CC(=O)CC(C)C)cc1. The van der Waals surface area contributed by atoms with Gasteiger partial charge in [0.05, 0.1) is 13.5 Å². The van der Waals surface area contributed by atoms with Crippen LogP contribution in [0.15, 0.2) is 24.3 Å². The molecule has 0 saturated carbocycles. The molecule has 1 aromatic carbocycles. The molecule has 3 nitrogen and oxygen atoms in total. The van der Waals surface area contributed by atoms with E-state index in [1.54, 1.807) is 31.4 Å². The van der Waals surface area contributed by atoms with Gasteiger partial charge in [0.1, 0.15) is 11.5 Å². The van der Waals surface area contributed by atoms with E-state index in [0.717, 1.165) is 0 Å². The minimum atomic E-state index is -0.127. The van der Waals surface area contributed by atoms with Gasteiger partial charge in [-0.15, -0.1) is 0 Å². The highest BCUT2D eigenvalue weighted by atomic mass is 16.5. The van der Waals surface area contributed by atoms with Crippen LogP contribution < -0.4 is 4.74 Å². The predicted molar refractivity (Wildman–Crippen MR) is 66.4 cm³/mol. The standard InChI is InChI=1S/C14H18O3/c1-10(2)8-12(15)9-14(16)11-4-6-13(17-3)7-5-11/h4-7,10H,8-9H2,1-3H3. The number of Topliss-reactive ketones (excluding diaryl/α,β-unsaturated/α-hetero) is 2. The number of hydrogen-bond donors (Lipinski definition) is 0.